The molecule has 0 spiro atoms. The smallest absolute Gasteiger partial charge is 0.308 e. The highest BCUT2D eigenvalue weighted by atomic mass is 16.5. The van der Waals surface area contributed by atoms with Gasteiger partial charge in [-0.1, -0.05) is 50.0 Å². The molecule has 0 aromatic heterocycles. The lowest BCUT2D eigenvalue weighted by atomic mass is 10.1. The molecule has 0 aliphatic rings. The topological polar surface area (TPSA) is 66.8 Å². The first-order valence-electron chi connectivity index (χ1n) is 7.56. The average Bonchev–Trinajstić information content (AvgIpc) is 2.55. The van der Waals surface area contributed by atoms with E-state index in [4.69, 9.17) is 9.84 Å². The van der Waals surface area contributed by atoms with E-state index in [0.717, 1.165) is 6.42 Å². The molecule has 0 aliphatic heterocycles. The molecule has 2 atom stereocenters. The molecule has 0 heterocycles. The van der Waals surface area contributed by atoms with Crippen molar-refractivity contribution in [3.8, 4) is 23.7 Å². The van der Waals surface area contributed by atoms with Crippen molar-refractivity contribution < 1.29 is 19.7 Å². The Balaban J connectivity index is 3.96. The third-order valence-electron chi connectivity index (χ3n) is 2.81. The molecular weight excluding hydrogens is 292 g/mol. The van der Waals surface area contributed by atoms with Crippen LogP contribution in [0.2, 0.25) is 0 Å². The molecule has 2 N–H and O–H groups in total. The molecule has 0 bridgehead atoms. The molecule has 0 fully saturated rings. The molecule has 0 aliphatic carbocycles. The number of carbonyl (C=O) groups is 1. The number of ether oxygens (including phenoxy) is 1. The third kappa shape index (κ3) is 13.1. The minimum atomic E-state index is -0.666. The summed E-state index contributed by atoms with van der Waals surface area (Å²) in [6.07, 6.45) is 10.1. The van der Waals surface area contributed by atoms with E-state index in [0.29, 0.717) is 6.42 Å². The van der Waals surface area contributed by atoms with Crippen molar-refractivity contribution in [3.63, 3.8) is 0 Å². The number of carbonyl (C=O) groups excluding carboxylic acids is 1. The van der Waals surface area contributed by atoms with E-state index < -0.39 is 6.10 Å². The van der Waals surface area contributed by atoms with E-state index in [-0.39, 0.29) is 25.1 Å². The van der Waals surface area contributed by atoms with Crippen LogP contribution in [0.3, 0.4) is 0 Å². The highest BCUT2D eigenvalue weighted by Gasteiger charge is 2.11. The van der Waals surface area contributed by atoms with Gasteiger partial charge in [-0.15, -0.1) is 0 Å². The Morgan fingerprint density at radius 1 is 1.22 bits per heavy atom. The van der Waals surface area contributed by atoms with E-state index in [1.807, 2.05) is 13.8 Å². The van der Waals surface area contributed by atoms with Crippen LogP contribution in [0.4, 0.5) is 0 Å². The molecule has 0 aromatic rings. The van der Waals surface area contributed by atoms with Crippen molar-refractivity contribution in [2.45, 2.75) is 32.8 Å². The van der Waals surface area contributed by atoms with Gasteiger partial charge in [0.05, 0.1) is 25.2 Å². The van der Waals surface area contributed by atoms with Gasteiger partial charge in [0, 0.05) is 6.42 Å². The molecule has 0 saturated heterocycles. The predicted octanol–water partition coefficient (Wildman–Crippen LogP) is 1.99. The van der Waals surface area contributed by atoms with Crippen LogP contribution in [0.1, 0.15) is 26.7 Å². The Hall–Kier alpha value is -2.27. The molecule has 23 heavy (non-hydrogen) atoms. The molecule has 0 rings (SSSR count). The van der Waals surface area contributed by atoms with Crippen LogP contribution in [-0.4, -0.2) is 35.5 Å². The first kappa shape index (κ1) is 20.7. The summed E-state index contributed by atoms with van der Waals surface area (Å²) in [5.41, 5.74) is 0. The summed E-state index contributed by atoms with van der Waals surface area (Å²) < 4.78 is 5.06. The second kappa shape index (κ2) is 14.7. The molecule has 124 valence electrons. The summed E-state index contributed by atoms with van der Waals surface area (Å²) in [5.74, 6) is 10.2. The minimum absolute atomic E-state index is 0.0358. The van der Waals surface area contributed by atoms with Crippen molar-refractivity contribution in [1.29, 1.82) is 0 Å². The van der Waals surface area contributed by atoms with Crippen LogP contribution in [0.25, 0.3) is 0 Å². The van der Waals surface area contributed by atoms with Crippen molar-refractivity contribution in [3.05, 3.63) is 36.5 Å². The van der Waals surface area contributed by atoms with Gasteiger partial charge in [0.15, 0.2) is 0 Å². The van der Waals surface area contributed by atoms with Crippen LogP contribution in [0.5, 0.6) is 0 Å². The Kier molecular flexibility index (Phi) is 13.2. The van der Waals surface area contributed by atoms with E-state index in [2.05, 4.69) is 23.7 Å². The van der Waals surface area contributed by atoms with Gasteiger partial charge in [-0.25, -0.2) is 0 Å². The van der Waals surface area contributed by atoms with Gasteiger partial charge in [-0.2, -0.15) is 0 Å². The number of rotatable bonds is 8. The Labute approximate surface area is 138 Å². The van der Waals surface area contributed by atoms with Gasteiger partial charge >= 0.3 is 5.97 Å². The second-order valence-corrected chi connectivity index (χ2v) is 4.70. The van der Waals surface area contributed by atoms with Gasteiger partial charge in [0.1, 0.15) is 0 Å². The first-order valence-corrected chi connectivity index (χ1v) is 7.56. The number of hydrogen-bond acceptors (Lipinski definition) is 4. The zero-order valence-corrected chi connectivity index (χ0v) is 13.7. The lowest BCUT2D eigenvalue weighted by Crippen LogP contribution is -2.17. The SMILES string of the molecule is CC[C@@H](C)C(=O)OCC[C@@H](O)/C=C/C=C/C#CC#C/C=C/CO. The van der Waals surface area contributed by atoms with E-state index >= 15 is 0 Å². The van der Waals surface area contributed by atoms with Crippen molar-refractivity contribution >= 4 is 5.97 Å². The van der Waals surface area contributed by atoms with Crippen molar-refractivity contribution in [2.24, 2.45) is 5.92 Å². The number of esters is 1. The maximum absolute atomic E-state index is 11.4. The number of hydrogen-bond donors (Lipinski definition) is 2. The average molecular weight is 316 g/mol. The first-order chi connectivity index (χ1) is 11.1. The quantitative estimate of drug-likeness (QED) is 0.408. The summed E-state index contributed by atoms with van der Waals surface area (Å²) in [4.78, 5) is 11.4. The maximum Gasteiger partial charge on any atom is 0.308 e. The molecule has 0 saturated carbocycles. The minimum Gasteiger partial charge on any atom is -0.465 e. The van der Waals surface area contributed by atoms with E-state index in [1.54, 1.807) is 24.3 Å². The Bertz CT molecular complexity index is 535. The van der Waals surface area contributed by atoms with Crippen LogP contribution in [-0.2, 0) is 9.53 Å². The van der Waals surface area contributed by atoms with Crippen LogP contribution >= 0.6 is 0 Å². The van der Waals surface area contributed by atoms with Gasteiger partial charge in [0.25, 0.3) is 0 Å². The number of allylic oxidation sites excluding steroid dienone is 4. The van der Waals surface area contributed by atoms with Crippen LogP contribution < -0.4 is 0 Å². The lowest BCUT2D eigenvalue weighted by Gasteiger charge is -2.10. The summed E-state index contributed by atoms with van der Waals surface area (Å²) in [5, 5.41) is 18.2. The van der Waals surface area contributed by atoms with Crippen LogP contribution in [0, 0.1) is 29.6 Å². The molecule has 0 amide bonds. The van der Waals surface area contributed by atoms with Crippen molar-refractivity contribution in [2.75, 3.05) is 13.2 Å². The lowest BCUT2D eigenvalue weighted by molar-refractivity contribution is -0.148. The number of aliphatic hydroxyl groups is 2. The zero-order valence-electron chi connectivity index (χ0n) is 13.7. The monoisotopic (exact) mass is 316 g/mol. The fourth-order valence-corrected chi connectivity index (χ4v) is 1.25. The molecular formula is C19H24O4. The van der Waals surface area contributed by atoms with Crippen LogP contribution in [0.15, 0.2) is 36.5 Å². The van der Waals surface area contributed by atoms with Gasteiger partial charge in [0.2, 0.25) is 0 Å². The zero-order chi connectivity index (χ0) is 17.3. The Morgan fingerprint density at radius 3 is 2.57 bits per heavy atom. The molecule has 0 unspecified atom stereocenters. The summed E-state index contributed by atoms with van der Waals surface area (Å²) in [6, 6.07) is 0. The highest BCUT2D eigenvalue weighted by Crippen LogP contribution is 2.04. The summed E-state index contributed by atoms with van der Waals surface area (Å²) >= 11 is 0. The second-order valence-electron chi connectivity index (χ2n) is 4.70. The normalized spacial score (nSPS) is 13.4. The van der Waals surface area contributed by atoms with E-state index in [1.165, 1.54) is 12.2 Å². The fraction of sp³-hybridized carbons (Fsp3) is 0.421. The van der Waals surface area contributed by atoms with Gasteiger partial charge in [-0.05, 0) is 30.4 Å². The maximum atomic E-state index is 11.4. The predicted molar refractivity (Wildman–Crippen MR) is 91.1 cm³/mol. The Morgan fingerprint density at radius 2 is 1.91 bits per heavy atom. The van der Waals surface area contributed by atoms with Gasteiger partial charge in [-0.3, -0.25) is 4.79 Å². The molecule has 4 heteroatoms. The van der Waals surface area contributed by atoms with Gasteiger partial charge < -0.3 is 14.9 Å². The van der Waals surface area contributed by atoms with Crippen molar-refractivity contribution in [1.82, 2.24) is 0 Å². The molecule has 0 radical (unpaired) electrons. The highest BCUT2D eigenvalue weighted by molar-refractivity contribution is 5.71. The number of aliphatic hydroxyl groups excluding tert-OH is 2. The summed E-state index contributed by atoms with van der Waals surface area (Å²) in [7, 11) is 0. The molecule has 0 aromatic carbocycles. The largest absolute Gasteiger partial charge is 0.465 e. The summed E-state index contributed by atoms with van der Waals surface area (Å²) in [6.45, 7) is 3.91. The van der Waals surface area contributed by atoms with E-state index in [9.17, 15) is 9.90 Å². The third-order valence-corrected chi connectivity index (χ3v) is 2.81. The molecule has 4 nitrogen and oxygen atoms in total. The fourth-order valence-electron chi connectivity index (χ4n) is 1.25. The standard InChI is InChI=1S/C19H24O4/c1-3-17(2)19(22)23-16-14-18(21)13-11-9-7-5-4-6-8-10-12-15-20/h7,9-13,17-18,20-21H,3,14-16H2,1-2H3/b9-7+,12-10+,13-11+/t17-,18+/m1/s1.